The topological polar surface area (TPSA) is 175 Å². The fraction of sp³-hybridized carbons (Fsp3) is 0.286. The Morgan fingerprint density at radius 2 is 1.85 bits per heavy atom. The van der Waals surface area contributed by atoms with E-state index in [-0.39, 0.29) is 23.4 Å². The van der Waals surface area contributed by atoms with Crippen LogP contribution in [0.4, 0.5) is 21.0 Å². The highest BCUT2D eigenvalue weighted by Gasteiger charge is 2.25. The van der Waals surface area contributed by atoms with Crippen LogP contribution < -0.4 is 10.6 Å². The first-order valence-electron chi connectivity index (χ1n) is 12.4. The molecular weight excluding hydrogens is 534 g/mol. The minimum Gasteiger partial charge on any atom is -0.466 e. The molecule has 0 saturated carbocycles. The number of carbonyl (C=O) groups excluding carboxylic acids is 3. The van der Waals surface area contributed by atoms with Gasteiger partial charge in [0.25, 0.3) is 5.69 Å². The molecule has 0 radical (unpaired) electrons. The zero-order chi connectivity index (χ0) is 30.2. The lowest BCUT2D eigenvalue weighted by Crippen LogP contribution is -2.36. The van der Waals surface area contributed by atoms with E-state index < -0.39 is 34.7 Å². The summed E-state index contributed by atoms with van der Waals surface area (Å²) in [5.74, 6) is -0.168. The Hall–Kier alpha value is -5.20. The number of hydrogen-bond donors (Lipinski definition) is 3. The first kappa shape index (κ1) is 30.3. The molecule has 3 rings (SSSR count). The number of ether oxygens (including phenoxy) is 3. The molecule has 0 unspecified atom stereocenters. The van der Waals surface area contributed by atoms with Gasteiger partial charge in [-0.05, 0) is 50.1 Å². The third kappa shape index (κ3) is 8.92. The summed E-state index contributed by atoms with van der Waals surface area (Å²) in [4.78, 5) is 54.5. The second-order valence-corrected chi connectivity index (χ2v) is 9.79. The van der Waals surface area contributed by atoms with Crippen LogP contribution in [0.1, 0.15) is 43.8 Å². The van der Waals surface area contributed by atoms with Crippen LogP contribution >= 0.6 is 0 Å². The molecule has 2 aromatic carbocycles. The summed E-state index contributed by atoms with van der Waals surface area (Å²) < 4.78 is 14.6. The van der Waals surface area contributed by atoms with Gasteiger partial charge in [-0.25, -0.2) is 19.4 Å². The number of amides is 2. The number of anilines is 1. The first-order valence-corrected chi connectivity index (χ1v) is 12.4. The van der Waals surface area contributed by atoms with Gasteiger partial charge in [0.05, 0.1) is 48.3 Å². The van der Waals surface area contributed by atoms with E-state index in [4.69, 9.17) is 4.74 Å². The van der Waals surface area contributed by atoms with E-state index >= 15 is 0 Å². The Morgan fingerprint density at radius 1 is 1.10 bits per heavy atom. The highest BCUT2D eigenvalue weighted by Crippen LogP contribution is 2.32. The molecule has 1 atom stereocenters. The number of nitrogens with zero attached hydrogens (tertiary/aromatic N) is 2. The molecule has 0 fully saturated rings. The van der Waals surface area contributed by atoms with Gasteiger partial charge in [0.2, 0.25) is 0 Å². The third-order valence-electron chi connectivity index (χ3n) is 5.54. The van der Waals surface area contributed by atoms with Crippen molar-refractivity contribution >= 4 is 35.6 Å². The molecule has 13 heteroatoms. The SMILES string of the molecule is COC(=O)/C=C/c1cccc(C[C@H](NC(=O)OC(C)(C)C)c2ncc(-c3ccc(NC(=O)OC)cc3[N+](=O)[O-])[nH]2)c1. The fourth-order valence-electron chi connectivity index (χ4n) is 3.77. The molecule has 0 saturated heterocycles. The number of alkyl carbamates (subject to hydrolysis) is 1. The third-order valence-corrected chi connectivity index (χ3v) is 5.54. The van der Waals surface area contributed by atoms with E-state index in [9.17, 15) is 24.5 Å². The van der Waals surface area contributed by atoms with Crippen LogP contribution in [0.5, 0.6) is 0 Å². The number of carbonyl (C=O) groups is 3. The van der Waals surface area contributed by atoms with Crippen LogP contribution in [-0.4, -0.2) is 52.9 Å². The van der Waals surface area contributed by atoms with Crippen molar-refractivity contribution < 1.29 is 33.5 Å². The zero-order valence-electron chi connectivity index (χ0n) is 23.2. The molecule has 216 valence electrons. The Bertz CT molecular complexity index is 1460. The molecule has 3 N–H and O–H groups in total. The highest BCUT2D eigenvalue weighted by molar-refractivity contribution is 5.87. The lowest BCUT2D eigenvalue weighted by Gasteiger charge is -2.23. The van der Waals surface area contributed by atoms with E-state index in [0.29, 0.717) is 11.5 Å². The Kier molecular flexibility index (Phi) is 9.80. The molecule has 0 bridgehead atoms. The summed E-state index contributed by atoms with van der Waals surface area (Å²) in [7, 11) is 2.47. The standard InChI is InChI=1S/C28H31N5O8/c1-28(2,3)41-27(36)32-21(14-18-8-6-7-17(13-18)9-12-24(34)39-4)25-29-16-22(31-25)20-11-10-19(30-26(35)40-5)15-23(20)33(37)38/h6-13,15-16,21H,14H2,1-5H3,(H,29,31)(H,30,35)(H,32,36)/b12-9+/t21-/m0/s1. The summed E-state index contributed by atoms with van der Waals surface area (Å²) >= 11 is 0. The van der Waals surface area contributed by atoms with Gasteiger partial charge in [-0.1, -0.05) is 24.3 Å². The predicted molar refractivity (Wildman–Crippen MR) is 150 cm³/mol. The molecule has 0 spiro atoms. The van der Waals surface area contributed by atoms with Gasteiger partial charge >= 0.3 is 18.2 Å². The van der Waals surface area contributed by atoms with Gasteiger partial charge in [-0.3, -0.25) is 15.4 Å². The van der Waals surface area contributed by atoms with Gasteiger partial charge in [-0.15, -0.1) is 0 Å². The smallest absolute Gasteiger partial charge is 0.411 e. The molecule has 1 heterocycles. The molecule has 0 aliphatic heterocycles. The number of nitrogens with one attached hydrogen (secondary N) is 3. The number of H-pyrrole nitrogens is 1. The molecule has 0 aliphatic rings. The summed E-state index contributed by atoms with van der Waals surface area (Å²) in [6.45, 7) is 5.21. The van der Waals surface area contributed by atoms with E-state index in [1.165, 1.54) is 44.7 Å². The van der Waals surface area contributed by atoms with Crippen molar-refractivity contribution in [2.24, 2.45) is 0 Å². The summed E-state index contributed by atoms with van der Waals surface area (Å²) in [6.07, 6.45) is 3.16. The average molecular weight is 566 g/mol. The lowest BCUT2D eigenvalue weighted by atomic mass is 10.0. The maximum atomic E-state index is 12.7. The van der Waals surface area contributed by atoms with Crippen LogP contribution in [0.15, 0.2) is 54.7 Å². The van der Waals surface area contributed by atoms with Crippen molar-refractivity contribution in [3.63, 3.8) is 0 Å². The van der Waals surface area contributed by atoms with Crippen LogP contribution in [0.2, 0.25) is 0 Å². The molecular formula is C28H31N5O8. The van der Waals surface area contributed by atoms with Gasteiger partial charge in [0, 0.05) is 18.6 Å². The summed E-state index contributed by atoms with van der Waals surface area (Å²) in [6, 6.07) is 10.7. The maximum absolute atomic E-state index is 12.7. The second-order valence-electron chi connectivity index (χ2n) is 9.79. The maximum Gasteiger partial charge on any atom is 0.411 e. The molecule has 2 amide bonds. The number of esters is 1. The minimum absolute atomic E-state index is 0.178. The van der Waals surface area contributed by atoms with Gasteiger partial charge in [0.15, 0.2) is 0 Å². The number of imidazole rings is 1. The molecule has 1 aromatic heterocycles. The fourth-order valence-corrected chi connectivity index (χ4v) is 3.77. The van der Waals surface area contributed by atoms with Gasteiger partial charge < -0.3 is 24.5 Å². The summed E-state index contributed by atoms with van der Waals surface area (Å²) in [5.41, 5.74) is 1.23. The number of hydrogen-bond acceptors (Lipinski definition) is 9. The van der Waals surface area contributed by atoms with E-state index in [1.54, 1.807) is 32.9 Å². The number of nitro benzene ring substituents is 1. The van der Waals surface area contributed by atoms with Crippen molar-refractivity contribution in [1.29, 1.82) is 0 Å². The molecule has 3 aromatic rings. The zero-order valence-corrected chi connectivity index (χ0v) is 23.2. The van der Waals surface area contributed by atoms with E-state index in [2.05, 4.69) is 30.1 Å². The molecule has 41 heavy (non-hydrogen) atoms. The number of aromatic nitrogens is 2. The van der Waals surface area contributed by atoms with Crippen LogP contribution in [0.25, 0.3) is 17.3 Å². The quantitative estimate of drug-likeness (QED) is 0.104. The molecule has 13 nitrogen and oxygen atoms in total. The highest BCUT2D eigenvalue weighted by atomic mass is 16.6. The van der Waals surface area contributed by atoms with Crippen molar-refractivity contribution in [3.8, 4) is 11.3 Å². The van der Waals surface area contributed by atoms with E-state index in [0.717, 1.165) is 11.1 Å². The Labute approximate surface area is 236 Å². The van der Waals surface area contributed by atoms with Gasteiger partial charge in [0.1, 0.15) is 11.4 Å². The van der Waals surface area contributed by atoms with Crippen LogP contribution in [0.3, 0.4) is 0 Å². The monoisotopic (exact) mass is 565 g/mol. The second kappa shape index (κ2) is 13.2. The van der Waals surface area contributed by atoms with Crippen LogP contribution in [0, 0.1) is 10.1 Å². The van der Waals surface area contributed by atoms with Crippen molar-refractivity contribution in [3.05, 3.63) is 81.8 Å². The van der Waals surface area contributed by atoms with Crippen molar-refractivity contribution in [2.45, 2.75) is 38.8 Å². The Morgan fingerprint density at radius 3 is 2.51 bits per heavy atom. The van der Waals surface area contributed by atoms with Crippen molar-refractivity contribution in [1.82, 2.24) is 15.3 Å². The minimum atomic E-state index is -0.767. The number of rotatable bonds is 9. The number of nitro groups is 1. The van der Waals surface area contributed by atoms with Crippen LogP contribution in [-0.2, 0) is 25.4 Å². The molecule has 0 aliphatic carbocycles. The Balaban J connectivity index is 1.95. The van der Waals surface area contributed by atoms with Gasteiger partial charge in [-0.2, -0.15) is 0 Å². The number of methoxy groups -OCH3 is 2. The largest absolute Gasteiger partial charge is 0.466 e. The van der Waals surface area contributed by atoms with Crippen molar-refractivity contribution in [2.75, 3.05) is 19.5 Å². The van der Waals surface area contributed by atoms with E-state index in [1.807, 2.05) is 18.2 Å². The normalized spacial score (nSPS) is 11.9. The average Bonchev–Trinajstić information content (AvgIpc) is 3.40. The predicted octanol–water partition coefficient (Wildman–Crippen LogP) is 5.16. The lowest BCUT2D eigenvalue weighted by molar-refractivity contribution is -0.384. The number of benzene rings is 2. The number of aromatic amines is 1. The summed E-state index contributed by atoms with van der Waals surface area (Å²) in [5, 5.41) is 17.0. The first-order chi connectivity index (χ1) is 19.4.